The standard InChI is InChI=1S/C22H25NO3/c1-22-9-10-23(2)19(12-14-7-8-17(26-3)13-18(14)22)20(22)15-5-4-6-16(11-15)21(24)25/h4-8,11,13,19-20H,9-10,12H2,1-3H3,(H,24,25)/t19?,20-,22+/m0/s1. The maximum atomic E-state index is 11.5. The molecule has 2 aliphatic rings. The van der Waals surface area contributed by atoms with Crippen LogP contribution in [0.4, 0.5) is 0 Å². The van der Waals surface area contributed by atoms with Crippen molar-refractivity contribution in [2.75, 3.05) is 20.7 Å². The summed E-state index contributed by atoms with van der Waals surface area (Å²) in [6.07, 6.45) is 2.02. The molecule has 0 radical (unpaired) electrons. The normalized spacial score (nSPS) is 27.7. The van der Waals surface area contributed by atoms with Gasteiger partial charge in [-0.25, -0.2) is 4.79 Å². The summed E-state index contributed by atoms with van der Waals surface area (Å²) in [6, 6.07) is 14.3. The molecule has 0 aromatic heterocycles. The average molecular weight is 351 g/mol. The van der Waals surface area contributed by atoms with Gasteiger partial charge in [-0.2, -0.15) is 0 Å². The van der Waals surface area contributed by atoms with Gasteiger partial charge in [0.2, 0.25) is 0 Å². The van der Waals surface area contributed by atoms with Gasteiger partial charge >= 0.3 is 5.97 Å². The second kappa shape index (κ2) is 6.13. The first-order chi connectivity index (χ1) is 12.4. The van der Waals surface area contributed by atoms with Crippen molar-refractivity contribution in [3.8, 4) is 5.75 Å². The zero-order valence-electron chi connectivity index (χ0n) is 15.5. The third-order valence-corrected chi connectivity index (χ3v) is 6.48. The molecule has 1 heterocycles. The summed E-state index contributed by atoms with van der Waals surface area (Å²) in [5, 5.41) is 9.43. The molecule has 1 fully saturated rings. The van der Waals surface area contributed by atoms with E-state index >= 15 is 0 Å². The summed E-state index contributed by atoms with van der Waals surface area (Å²) in [5.74, 6) is 0.286. The molecule has 1 aliphatic heterocycles. The second-order valence-electron chi connectivity index (χ2n) is 7.85. The SMILES string of the molecule is COc1ccc2c(c1)[C@@]1(C)CCN(C)C(C2)[C@@H]1c1cccc(C(=O)O)c1. The number of nitrogens with zero attached hydrogens (tertiary/aromatic N) is 1. The summed E-state index contributed by atoms with van der Waals surface area (Å²) in [6.45, 7) is 3.38. The lowest BCUT2D eigenvalue weighted by atomic mass is 9.56. The lowest BCUT2D eigenvalue weighted by Gasteiger charge is -2.55. The van der Waals surface area contributed by atoms with Crippen LogP contribution in [-0.4, -0.2) is 42.7 Å². The van der Waals surface area contributed by atoms with E-state index in [4.69, 9.17) is 4.74 Å². The highest BCUT2D eigenvalue weighted by atomic mass is 16.5. The first-order valence-electron chi connectivity index (χ1n) is 9.15. The minimum Gasteiger partial charge on any atom is -0.497 e. The summed E-state index contributed by atoms with van der Waals surface area (Å²) >= 11 is 0. The molecule has 4 rings (SSSR count). The fourth-order valence-corrected chi connectivity index (χ4v) is 5.06. The first kappa shape index (κ1) is 17.1. The van der Waals surface area contributed by atoms with Crippen LogP contribution in [0.2, 0.25) is 0 Å². The molecule has 2 aromatic rings. The van der Waals surface area contributed by atoms with Gasteiger partial charge in [0.1, 0.15) is 5.75 Å². The van der Waals surface area contributed by atoms with Crippen LogP contribution in [-0.2, 0) is 11.8 Å². The maximum Gasteiger partial charge on any atom is 0.335 e. The van der Waals surface area contributed by atoms with Crippen molar-refractivity contribution in [3.63, 3.8) is 0 Å². The Kier molecular flexibility index (Phi) is 4.03. The Hall–Kier alpha value is -2.33. The Labute approximate surface area is 154 Å². The fraction of sp³-hybridized carbons (Fsp3) is 0.409. The van der Waals surface area contributed by atoms with Gasteiger partial charge in [-0.1, -0.05) is 25.1 Å². The second-order valence-corrected chi connectivity index (χ2v) is 7.85. The Balaban J connectivity index is 1.88. The Morgan fingerprint density at radius 2 is 2.08 bits per heavy atom. The molecule has 0 amide bonds. The Morgan fingerprint density at radius 3 is 2.81 bits per heavy atom. The highest BCUT2D eigenvalue weighted by molar-refractivity contribution is 5.87. The lowest BCUT2D eigenvalue weighted by Crippen LogP contribution is -2.56. The van der Waals surface area contributed by atoms with Gasteiger partial charge in [0, 0.05) is 17.4 Å². The highest BCUT2D eigenvalue weighted by Gasteiger charge is 2.50. The number of piperidine rings is 1. The van der Waals surface area contributed by atoms with E-state index in [-0.39, 0.29) is 11.3 Å². The summed E-state index contributed by atoms with van der Waals surface area (Å²) in [7, 11) is 3.89. The quantitative estimate of drug-likeness (QED) is 0.916. The van der Waals surface area contributed by atoms with Crippen molar-refractivity contribution in [3.05, 3.63) is 64.7 Å². The third-order valence-electron chi connectivity index (χ3n) is 6.48. The number of carboxylic acid groups (broad SMARTS) is 1. The van der Waals surface area contributed by atoms with E-state index in [2.05, 4.69) is 37.1 Å². The van der Waals surface area contributed by atoms with Gasteiger partial charge in [0.15, 0.2) is 0 Å². The smallest absolute Gasteiger partial charge is 0.335 e. The fourth-order valence-electron chi connectivity index (χ4n) is 5.06. The highest BCUT2D eigenvalue weighted by Crippen LogP contribution is 2.53. The largest absolute Gasteiger partial charge is 0.497 e. The molecule has 0 spiro atoms. The third kappa shape index (κ3) is 2.52. The topological polar surface area (TPSA) is 49.8 Å². The van der Waals surface area contributed by atoms with Crippen LogP contribution in [0.3, 0.4) is 0 Å². The molecule has 4 nitrogen and oxygen atoms in total. The lowest BCUT2D eigenvalue weighted by molar-refractivity contribution is 0.0694. The number of benzene rings is 2. The van der Waals surface area contributed by atoms with Gasteiger partial charge in [0.05, 0.1) is 12.7 Å². The molecule has 4 heteroatoms. The summed E-state index contributed by atoms with van der Waals surface area (Å²) in [4.78, 5) is 13.9. The van der Waals surface area contributed by atoms with Gasteiger partial charge in [0.25, 0.3) is 0 Å². The summed E-state index contributed by atoms with van der Waals surface area (Å²) in [5.41, 5.74) is 4.19. The number of aromatic carboxylic acids is 1. The molecule has 3 atom stereocenters. The summed E-state index contributed by atoms with van der Waals surface area (Å²) < 4.78 is 5.49. The minimum atomic E-state index is -0.867. The van der Waals surface area contributed by atoms with E-state index in [0.717, 1.165) is 30.7 Å². The van der Waals surface area contributed by atoms with Crippen LogP contribution >= 0.6 is 0 Å². The molecule has 1 unspecified atom stereocenters. The molecule has 1 aliphatic carbocycles. The van der Waals surface area contributed by atoms with E-state index in [1.54, 1.807) is 13.2 Å². The monoisotopic (exact) mass is 351 g/mol. The Bertz CT molecular complexity index is 862. The number of likely N-dealkylation sites (N-methyl/N-ethyl adjacent to an activating group) is 1. The molecule has 2 bridgehead atoms. The predicted octanol–water partition coefficient (Wildman–Crippen LogP) is 3.70. The molecule has 1 saturated heterocycles. The van der Waals surface area contributed by atoms with Crippen LogP contribution in [0.15, 0.2) is 42.5 Å². The zero-order chi connectivity index (χ0) is 18.5. The number of methoxy groups -OCH3 is 1. The van der Waals surface area contributed by atoms with Gasteiger partial charge in [-0.3, -0.25) is 0 Å². The van der Waals surface area contributed by atoms with Gasteiger partial charge < -0.3 is 14.7 Å². The van der Waals surface area contributed by atoms with Crippen LogP contribution in [0.25, 0.3) is 0 Å². The number of carbonyl (C=O) groups is 1. The van der Waals surface area contributed by atoms with Gasteiger partial charge in [-0.05, 0) is 67.4 Å². The van der Waals surface area contributed by atoms with Crippen LogP contribution in [0.5, 0.6) is 5.75 Å². The van der Waals surface area contributed by atoms with Gasteiger partial charge in [-0.15, -0.1) is 0 Å². The molecule has 2 aromatic carbocycles. The van der Waals surface area contributed by atoms with Crippen LogP contribution < -0.4 is 4.74 Å². The van der Waals surface area contributed by atoms with E-state index in [9.17, 15) is 9.90 Å². The predicted molar refractivity (Wildman–Crippen MR) is 101 cm³/mol. The molecule has 26 heavy (non-hydrogen) atoms. The van der Waals surface area contributed by atoms with Crippen molar-refractivity contribution in [2.24, 2.45) is 0 Å². The first-order valence-corrected chi connectivity index (χ1v) is 9.15. The van der Waals surface area contributed by atoms with Crippen LogP contribution in [0, 0.1) is 0 Å². The van der Waals surface area contributed by atoms with Crippen molar-refractivity contribution in [1.29, 1.82) is 0 Å². The van der Waals surface area contributed by atoms with E-state index in [1.807, 2.05) is 18.2 Å². The molecule has 136 valence electrons. The van der Waals surface area contributed by atoms with Crippen LogP contribution in [0.1, 0.15) is 46.3 Å². The number of carboxylic acids is 1. The minimum absolute atomic E-state index is 0.0313. The average Bonchev–Trinajstić information content (AvgIpc) is 2.65. The van der Waals surface area contributed by atoms with Crippen molar-refractivity contribution < 1.29 is 14.6 Å². The van der Waals surface area contributed by atoms with E-state index in [0.29, 0.717) is 11.6 Å². The van der Waals surface area contributed by atoms with Crippen molar-refractivity contribution in [2.45, 2.75) is 37.1 Å². The van der Waals surface area contributed by atoms with Crippen molar-refractivity contribution >= 4 is 5.97 Å². The number of rotatable bonds is 3. The molecule has 1 N–H and O–H groups in total. The number of ether oxygens (including phenoxy) is 1. The molecule has 0 saturated carbocycles. The zero-order valence-corrected chi connectivity index (χ0v) is 15.5. The van der Waals surface area contributed by atoms with E-state index < -0.39 is 5.97 Å². The number of hydrogen-bond acceptors (Lipinski definition) is 3. The number of fused-ring (bicyclic) bond motifs is 4. The number of likely N-dealkylation sites (tertiary alicyclic amines) is 1. The molecular formula is C22H25NO3. The molecular weight excluding hydrogens is 326 g/mol. The Morgan fingerprint density at radius 1 is 1.27 bits per heavy atom. The number of hydrogen-bond donors (Lipinski definition) is 1. The maximum absolute atomic E-state index is 11.5. The van der Waals surface area contributed by atoms with E-state index in [1.165, 1.54) is 11.1 Å². The van der Waals surface area contributed by atoms with Crippen molar-refractivity contribution in [1.82, 2.24) is 4.90 Å².